The topological polar surface area (TPSA) is 346 Å². The van der Waals surface area contributed by atoms with E-state index in [1.165, 1.54) is 62.1 Å². The molecule has 3 amide bonds. The van der Waals surface area contributed by atoms with E-state index in [9.17, 15) is 43.8 Å². The van der Waals surface area contributed by atoms with Crippen LogP contribution in [-0.2, 0) is 60.4 Å². The summed E-state index contributed by atoms with van der Waals surface area (Å²) in [5, 5.41) is 24.3. The molecule has 2 aromatic carbocycles. The van der Waals surface area contributed by atoms with E-state index in [1.807, 2.05) is 142 Å². The van der Waals surface area contributed by atoms with Crippen molar-refractivity contribution in [1.82, 2.24) is 25.1 Å². The first-order valence-electron chi connectivity index (χ1n) is 33.7. The molecule has 0 saturated carbocycles. The molecule has 0 aliphatic heterocycles. The molecule has 2 unspecified atom stereocenters. The maximum Gasteiger partial charge on any atom is 0.355 e. The van der Waals surface area contributed by atoms with Crippen LogP contribution in [0, 0.1) is 35.5 Å². The molecule has 0 aliphatic carbocycles. The number of alkyl halides is 1. The first kappa shape index (κ1) is 89.2. The molecular formula is C69H110ClFN12O13S2. The maximum absolute atomic E-state index is 13.9. The van der Waals surface area contributed by atoms with Crippen molar-refractivity contribution in [2.24, 2.45) is 51.5 Å². The van der Waals surface area contributed by atoms with Gasteiger partial charge in [-0.2, -0.15) is 0 Å². The lowest BCUT2D eigenvalue weighted by molar-refractivity contribution is -0.146. The molecule has 0 saturated heterocycles. The van der Waals surface area contributed by atoms with Gasteiger partial charge >= 0.3 is 17.9 Å². The predicted octanol–water partition coefficient (Wildman–Crippen LogP) is 14.4. The molecule has 4 N–H and O–H groups in total. The number of aromatic nitrogens is 2. The second kappa shape index (κ2) is 51.3. The summed E-state index contributed by atoms with van der Waals surface area (Å²) in [6.07, 6.45) is 4.94. The number of thiazole rings is 2. The van der Waals surface area contributed by atoms with Gasteiger partial charge in [0.2, 0.25) is 11.8 Å². The molecule has 4 aromatic rings. The molecule has 0 radical (unpaired) electrons. The molecule has 2 heterocycles. The van der Waals surface area contributed by atoms with Crippen LogP contribution in [0.2, 0.25) is 0 Å². The average molecular weight is 1440 g/mol. The van der Waals surface area contributed by atoms with E-state index in [1.54, 1.807) is 17.2 Å². The predicted molar refractivity (Wildman–Crippen MR) is 383 cm³/mol. The molecule has 0 spiro atoms. The number of rotatable bonds is 41. The highest BCUT2D eigenvalue weighted by Crippen LogP contribution is 2.34. The van der Waals surface area contributed by atoms with Crippen molar-refractivity contribution in [2.75, 3.05) is 62.3 Å². The third-order valence-electron chi connectivity index (χ3n) is 16.3. The molecule has 25 nitrogen and oxygen atoms in total. The minimum atomic E-state index is -1.10. The van der Waals surface area contributed by atoms with E-state index >= 15 is 0 Å². The normalized spacial score (nSPS) is 14.6. The van der Waals surface area contributed by atoms with Gasteiger partial charge in [-0.05, 0) is 84.4 Å². The molecule has 12 atom stereocenters. The van der Waals surface area contributed by atoms with E-state index in [2.05, 4.69) is 40.1 Å². The van der Waals surface area contributed by atoms with Crippen molar-refractivity contribution >= 4 is 70.7 Å². The second-order valence-corrected chi connectivity index (χ2v) is 26.2. The zero-order chi connectivity index (χ0) is 73.9. The van der Waals surface area contributed by atoms with Gasteiger partial charge in [-0.25, -0.2) is 14.8 Å². The summed E-state index contributed by atoms with van der Waals surface area (Å²) in [4.78, 5) is 94.0. The Hall–Kier alpha value is -6.84. The molecule has 550 valence electrons. The highest BCUT2D eigenvalue weighted by atomic mass is 35.5. The van der Waals surface area contributed by atoms with Crippen LogP contribution in [0.5, 0.6) is 0 Å². The molecule has 0 aliphatic rings. The van der Waals surface area contributed by atoms with Gasteiger partial charge in [-0.3, -0.25) is 28.4 Å². The third-order valence-corrected chi connectivity index (χ3v) is 18.2. The smallest absolute Gasteiger partial charge is 0.355 e. The van der Waals surface area contributed by atoms with Crippen LogP contribution in [0.4, 0.5) is 4.39 Å². The lowest BCUT2D eigenvalue weighted by Crippen LogP contribution is -2.49. The van der Waals surface area contributed by atoms with Gasteiger partial charge in [0, 0.05) is 84.9 Å². The summed E-state index contributed by atoms with van der Waals surface area (Å²) < 4.78 is 47.3. The van der Waals surface area contributed by atoms with E-state index in [4.69, 9.17) is 36.3 Å². The zero-order valence-corrected chi connectivity index (χ0v) is 62.6. The zero-order valence-electron chi connectivity index (χ0n) is 61.1. The van der Waals surface area contributed by atoms with Crippen LogP contribution in [0.25, 0.3) is 20.9 Å². The van der Waals surface area contributed by atoms with Gasteiger partial charge in [0.15, 0.2) is 5.69 Å². The minimum absolute atomic E-state index is 0. The quantitative estimate of drug-likeness (QED) is 0.0122. The number of nitrogens with one attached hydrogen (secondary N) is 1. The Morgan fingerprint density at radius 3 is 1.38 bits per heavy atom. The number of hydrogen-bond donors (Lipinski definition) is 3. The van der Waals surface area contributed by atoms with E-state index in [-0.39, 0.29) is 121 Å². The number of azide groups is 2. The number of esters is 2. The van der Waals surface area contributed by atoms with Crippen LogP contribution < -0.4 is 11.1 Å². The van der Waals surface area contributed by atoms with Crippen LogP contribution >= 0.6 is 35.1 Å². The monoisotopic (exact) mass is 1430 g/mol. The molecule has 0 bridgehead atoms. The summed E-state index contributed by atoms with van der Waals surface area (Å²) in [5.74, 6) is -3.03. The maximum atomic E-state index is 13.9. The lowest BCUT2D eigenvalue weighted by atomic mass is 9.92. The van der Waals surface area contributed by atoms with E-state index < -0.39 is 43.3 Å². The number of amides is 3. The minimum Gasteiger partial charge on any atom is -0.476 e. The van der Waals surface area contributed by atoms with Crippen LogP contribution in [0.3, 0.4) is 0 Å². The lowest BCUT2D eigenvalue weighted by Gasteiger charge is -2.38. The van der Waals surface area contributed by atoms with Crippen molar-refractivity contribution in [3.05, 3.63) is 125 Å². The Morgan fingerprint density at radius 2 is 1.03 bits per heavy atom. The van der Waals surface area contributed by atoms with Crippen molar-refractivity contribution in [3.8, 4) is 0 Å². The number of benzene rings is 2. The van der Waals surface area contributed by atoms with Crippen LogP contribution in [0.15, 0.2) is 81.7 Å². The summed E-state index contributed by atoms with van der Waals surface area (Å²) in [6.45, 7) is 24.5. The molecule has 98 heavy (non-hydrogen) atoms. The van der Waals surface area contributed by atoms with Gasteiger partial charge in [-0.15, -0.1) is 35.1 Å². The Bertz CT molecular complexity index is 3030. The number of nitrogens with two attached hydrogens (primary N) is 1. The fourth-order valence-electron chi connectivity index (χ4n) is 10.7. The van der Waals surface area contributed by atoms with Crippen molar-refractivity contribution in [3.63, 3.8) is 0 Å². The fraction of sp³-hybridized carbons (Fsp3) is 0.652. The first-order chi connectivity index (χ1) is 46.8. The van der Waals surface area contributed by atoms with Crippen molar-refractivity contribution in [2.45, 2.75) is 196 Å². The standard InChI is InChI=1S/C34H52N6O6S.C21H35N5O5S.C13H19NO2.CH3F.ClH/c1-9-16-40(33(42)30(38-39-35)23(5)10-2)28(22(3)4)19-29(46-21-44-7)32-37-27(20-47-32)31(41)36-26(17-24(6)34(43)45-8)18-25-14-12-11-13-15-25;1-7-9-26(20(27)18(24-25-22)14(5)8-2)16(13(3)4)10-17(31-12-30-6)19-23-15(11-32-19)21(28)29;1-10(13(15)16-2)8-12(14)9-11-6-4-3-5-7-11;1-2;/h11-15,20,22-24,26,28-30H,9-10,16-19,21H2,1-8H3,(H,36,41);11,13-14,16-18H,7-10,12H2,1-6H3,(H,28,29);3-7,10,12H,8-9,14H2,1-2H3;1H3;1H/t23?,24-,26+,28+,29+,30-;14?,16-,17-,18+;10-,12+;;/m010../s1/i;;;1D;. The largest absolute Gasteiger partial charge is 0.476 e. The third kappa shape index (κ3) is 32.0. The number of halogens is 2. The van der Waals surface area contributed by atoms with E-state index in [0.29, 0.717) is 68.1 Å². The number of methoxy groups -OCH3 is 4. The number of carbonyl (C=O) groups excluding carboxylic acids is 5. The summed E-state index contributed by atoms with van der Waals surface area (Å²) in [6, 6.07) is 17.4. The number of carbonyl (C=O) groups is 6. The number of ether oxygens (including phenoxy) is 6. The first-order valence-corrected chi connectivity index (χ1v) is 34.7. The highest BCUT2D eigenvalue weighted by Gasteiger charge is 2.38. The molecule has 0 fully saturated rings. The summed E-state index contributed by atoms with van der Waals surface area (Å²) in [5.41, 5.74) is 26.7. The number of hydrogen-bond acceptors (Lipinski definition) is 19. The van der Waals surface area contributed by atoms with E-state index in [0.717, 1.165) is 24.8 Å². The molecule has 4 rings (SSSR count). The Balaban J connectivity index is 0.00000158. The Kier molecular flexibility index (Phi) is 46.7. The van der Waals surface area contributed by atoms with Crippen molar-refractivity contribution < 1.29 is 68.1 Å². The van der Waals surface area contributed by atoms with Gasteiger partial charge in [0.25, 0.3) is 5.91 Å². The van der Waals surface area contributed by atoms with Crippen LogP contribution in [0.1, 0.15) is 190 Å². The Labute approximate surface area is 595 Å². The van der Waals surface area contributed by atoms with Gasteiger partial charge in [-0.1, -0.05) is 167 Å². The number of carboxylic acids is 1. The van der Waals surface area contributed by atoms with Gasteiger partial charge in [0.05, 0.1) is 34.6 Å². The number of aromatic carboxylic acids is 1. The summed E-state index contributed by atoms with van der Waals surface area (Å²) in [7, 11) is 4.80. The number of carboxylic acid groups (broad SMARTS) is 1. The van der Waals surface area contributed by atoms with Gasteiger partial charge < -0.3 is 54.4 Å². The highest BCUT2D eigenvalue weighted by molar-refractivity contribution is 7.10. The summed E-state index contributed by atoms with van der Waals surface area (Å²) >= 11 is 2.51. The SMILES string of the molecule is CCCN(C(=O)[C@@H](N=[N+]=[N-])C(C)CC)[C@H](C[C@@H](OCOC)c1nc(C(=O)N[C@@H](Cc2ccccc2)C[C@H](C)C(=O)OC)cs1)C(C)C.CCCN(C(=O)[C@@H](N=[N+]=[N-])C(C)CC)[C@H](C[C@@H](OCOC)c1nc(C(=O)O)cs1)C(C)C.COC(=O)[C@@H](C)C[C@@H](N)Cc1ccccc1.Cl.[2H]CF. The second-order valence-electron chi connectivity index (χ2n) is 24.4. The molecule has 29 heteroatoms. The molecular weight excluding hydrogens is 1320 g/mol. The average Bonchev–Trinajstić information content (AvgIpc) is 0.921. The Morgan fingerprint density at radius 1 is 0.643 bits per heavy atom. The number of nitrogens with zero attached hydrogens (tertiary/aromatic N) is 10. The van der Waals surface area contributed by atoms with Crippen molar-refractivity contribution in [1.29, 1.82) is 0 Å². The van der Waals surface area contributed by atoms with Crippen LogP contribution in [-0.4, -0.2) is 159 Å². The molecule has 2 aromatic heterocycles. The van der Waals surface area contributed by atoms with Gasteiger partial charge in [0.1, 0.15) is 53.6 Å². The fourth-order valence-corrected chi connectivity index (χ4v) is 12.4.